The van der Waals surface area contributed by atoms with Gasteiger partial charge in [-0.3, -0.25) is 14.2 Å². The van der Waals surface area contributed by atoms with Crippen LogP contribution in [0, 0.1) is 18.8 Å². The lowest BCUT2D eigenvalue weighted by Gasteiger charge is -2.32. The molecule has 0 unspecified atom stereocenters. The Morgan fingerprint density at radius 2 is 2.03 bits per heavy atom. The van der Waals surface area contributed by atoms with Crippen LogP contribution in [0.3, 0.4) is 0 Å². The van der Waals surface area contributed by atoms with Crippen LogP contribution in [0.2, 0.25) is 0 Å². The molecule has 2 aromatic heterocycles. The number of anilines is 2. The van der Waals surface area contributed by atoms with Crippen molar-refractivity contribution in [3.8, 4) is 0 Å². The van der Waals surface area contributed by atoms with Gasteiger partial charge in [-0.15, -0.1) is 0 Å². The molecule has 2 aliphatic rings. The molecule has 5 rings (SSSR count). The molecule has 1 aliphatic heterocycles. The molecule has 0 spiro atoms. The summed E-state index contributed by atoms with van der Waals surface area (Å²) in [5.74, 6) is 1.75. The van der Waals surface area contributed by atoms with Gasteiger partial charge in [0.25, 0.3) is 0 Å². The van der Waals surface area contributed by atoms with Crippen LogP contribution in [0.1, 0.15) is 47.8 Å². The molecule has 1 aromatic carbocycles. The summed E-state index contributed by atoms with van der Waals surface area (Å²) in [6, 6.07) is 5.50. The largest absolute Gasteiger partial charge is 0.433 e. The van der Waals surface area contributed by atoms with Crippen LogP contribution in [-0.2, 0) is 0 Å². The van der Waals surface area contributed by atoms with E-state index in [9.17, 15) is 18.0 Å². The number of carbonyl (C=O) groups excluding carboxylic acids is 1. The normalized spacial score (nSPS) is 20.1. The van der Waals surface area contributed by atoms with E-state index in [0.29, 0.717) is 46.7 Å². The summed E-state index contributed by atoms with van der Waals surface area (Å²) in [6.45, 7) is 4.09. The molecule has 6 nitrogen and oxygen atoms in total. The van der Waals surface area contributed by atoms with Gasteiger partial charge in [0.15, 0.2) is 17.2 Å². The number of rotatable bonds is 6. The maximum Gasteiger partial charge on any atom is 0.433 e. The van der Waals surface area contributed by atoms with Crippen molar-refractivity contribution < 1.29 is 18.0 Å². The maximum absolute atomic E-state index is 13.4. The number of halogens is 3. The van der Waals surface area contributed by atoms with Gasteiger partial charge in [-0.2, -0.15) is 13.2 Å². The fourth-order valence-electron chi connectivity index (χ4n) is 4.88. The number of allylic oxidation sites excluding steroid dienone is 1. The van der Waals surface area contributed by atoms with Crippen LogP contribution in [0.15, 0.2) is 47.9 Å². The molecule has 34 heavy (non-hydrogen) atoms. The average Bonchev–Trinajstić information content (AvgIpc) is 3.40. The van der Waals surface area contributed by atoms with Crippen molar-refractivity contribution in [3.05, 3.63) is 59.7 Å². The van der Waals surface area contributed by atoms with Crippen molar-refractivity contribution in [2.45, 2.75) is 39.3 Å². The summed E-state index contributed by atoms with van der Waals surface area (Å²) in [5, 5.41) is 3.19. The van der Waals surface area contributed by atoms with Crippen LogP contribution in [0.4, 0.5) is 24.7 Å². The number of hydrogen-bond donors (Lipinski definition) is 1. The van der Waals surface area contributed by atoms with E-state index in [1.54, 1.807) is 10.6 Å². The Kier molecular flexibility index (Phi) is 5.50. The molecule has 0 saturated heterocycles. The van der Waals surface area contributed by atoms with Gasteiger partial charge in [0.1, 0.15) is 5.71 Å². The predicted octanol–water partition coefficient (Wildman–Crippen LogP) is 5.80. The highest BCUT2D eigenvalue weighted by molar-refractivity contribution is 6.27. The van der Waals surface area contributed by atoms with Crippen LogP contribution >= 0.6 is 0 Å². The van der Waals surface area contributed by atoms with E-state index in [1.165, 1.54) is 18.5 Å². The molecule has 3 aromatic rings. The molecule has 9 heteroatoms. The molecule has 0 radical (unpaired) electrons. The first-order valence-electron chi connectivity index (χ1n) is 11.3. The second kappa shape index (κ2) is 8.38. The minimum absolute atomic E-state index is 0.0108. The lowest BCUT2D eigenvalue weighted by Crippen LogP contribution is -2.23. The summed E-state index contributed by atoms with van der Waals surface area (Å²) in [7, 11) is 0. The molecular weight excluding hydrogens is 443 g/mol. The van der Waals surface area contributed by atoms with Crippen molar-refractivity contribution in [1.82, 2.24) is 14.4 Å². The Morgan fingerprint density at radius 1 is 1.24 bits per heavy atom. The van der Waals surface area contributed by atoms with Gasteiger partial charge in [0.05, 0.1) is 18.4 Å². The van der Waals surface area contributed by atoms with E-state index in [2.05, 4.69) is 27.2 Å². The minimum Gasteiger partial charge on any atom is -0.337 e. The Bertz CT molecular complexity index is 1330. The van der Waals surface area contributed by atoms with E-state index in [0.717, 1.165) is 18.4 Å². The summed E-state index contributed by atoms with van der Waals surface area (Å²) in [5.41, 5.74) is 2.10. The monoisotopic (exact) mass is 467 g/mol. The highest BCUT2D eigenvalue weighted by Gasteiger charge is 2.40. The number of alkyl halides is 3. The molecule has 1 saturated carbocycles. The molecule has 0 bridgehead atoms. The van der Waals surface area contributed by atoms with Gasteiger partial charge in [-0.25, -0.2) is 9.97 Å². The van der Waals surface area contributed by atoms with E-state index in [4.69, 9.17) is 0 Å². The number of Topliss-reactive ketones (excluding diaryl/α,β-unsaturated/α-hetero) is 1. The van der Waals surface area contributed by atoms with Gasteiger partial charge < -0.3 is 5.32 Å². The third kappa shape index (κ3) is 4.10. The third-order valence-corrected chi connectivity index (χ3v) is 6.51. The SMILES string of the molecule is Cc1cc(Nc2nccn3c(C4=CCN=C4C(F)(F)F)cnc23)ccc1C(=O)C[C@H]1C[C@@H](C)C1. The summed E-state index contributed by atoms with van der Waals surface area (Å²) in [6.07, 6.45) is 4.19. The van der Waals surface area contributed by atoms with Crippen molar-refractivity contribution in [2.24, 2.45) is 16.8 Å². The fourth-order valence-corrected chi connectivity index (χ4v) is 4.88. The van der Waals surface area contributed by atoms with Gasteiger partial charge in [0, 0.05) is 35.6 Å². The lowest BCUT2D eigenvalue weighted by atomic mass is 9.73. The number of aryl methyl sites for hydroxylation is 1. The van der Waals surface area contributed by atoms with Crippen molar-refractivity contribution >= 4 is 34.2 Å². The minimum atomic E-state index is -4.53. The molecule has 1 N–H and O–H groups in total. The summed E-state index contributed by atoms with van der Waals surface area (Å²) in [4.78, 5) is 25.0. The number of imidazole rings is 1. The molecule has 1 fully saturated rings. The number of nitrogens with zero attached hydrogens (tertiary/aromatic N) is 4. The highest BCUT2D eigenvalue weighted by Crippen LogP contribution is 2.37. The Morgan fingerprint density at radius 3 is 2.74 bits per heavy atom. The number of aromatic nitrogens is 3. The fraction of sp³-hybridized carbons (Fsp3) is 0.360. The Hall–Kier alpha value is -3.49. The van der Waals surface area contributed by atoms with Gasteiger partial charge in [-0.05, 0) is 55.4 Å². The first-order valence-corrected chi connectivity index (χ1v) is 11.3. The predicted molar refractivity (Wildman–Crippen MR) is 125 cm³/mol. The number of nitrogens with one attached hydrogen (secondary N) is 1. The van der Waals surface area contributed by atoms with Gasteiger partial charge in [-0.1, -0.05) is 13.0 Å². The van der Waals surface area contributed by atoms with E-state index in [1.807, 2.05) is 25.1 Å². The van der Waals surface area contributed by atoms with Crippen molar-refractivity contribution in [3.63, 3.8) is 0 Å². The standard InChI is InChI=1S/C25H24F3N5O/c1-14-9-16(10-14)12-21(34)18-4-3-17(11-15(18)2)32-23-24-31-13-20(33(24)8-7-30-23)19-5-6-29-22(19)25(26,27)28/h3-5,7-8,11,13-14,16H,6,9-10,12H2,1-2H3,(H,30,32)/t14-,16+. The van der Waals surface area contributed by atoms with Crippen molar-refractivity contribution in [1.29, 1.82) is 0 Å². The molecule has 0 atom stereocenters. The quantitative estimate of drug-likeness (QED) is 0.465. The second-order valence-corrected chi connectivity index (χ2v) is 9.14. The number of carbonyl (C=O) groups is 1. The number of fused-ring (bicyclic) bond motifs is 1. The van der Waals surface area contributed by atoms with E-state index < -0.39 is 11.9 Å². The molecule has 3 heterocycles. The zero-order valence-electron chi connectivity index (χ0n) is 18.9. The second-order valence-electron chi connectivity index (χ2n) is 9.14. The van der Waals surface area contributed by atoms with E-state index in [-0.39, 0.29) is 17.9 Å². The smallest absolute Gasteiger partial charge is 0.337 e. The van der Waals surface area contributed by atoms with Gasteiger partial charge >= 0.3 is 6.18 Å². The molecule has 0 amide bonds. The topological polar surface area (TPSA) is 71.7 Å². The zero-order valence-corrected chi connectivity index (χ0v) is 18.9. The molecule has 1 aliphatic carbocycles. The van der Waals surface area contributed by atoms with E-state index >= 15 is 0 Å². The first-order chi connectivity index (χ1) is 16.2. The van der Waals surface area contributed by atoms with Crippen LogP contribution in [0.5, 0.6) is 0 Å². The van der Waals surface area contributed by atoms with Gasteiger partial charge in [0.2, 0.25) is 0 Å². The number of aliphatic imine (C=N–C) groups is 1. The highest BCUT2D eigenvalue weighted by atomic mass is 19.4. The number of hydrogen-bond acceptors (Lipinski definition) is 5. The van der Waals surface area contributed by atoms with Crippen LogP contribution in [-0.4, -0.2) is 38.6 Å². The summed E-state index contributed by atoms with van der Waals surface area (Å²) < 4.78 is 41.6. The average molecular weight is 467 g/mol. The Labute approximate surface area is 194 Å². The molecular formula is C25H24F3N5O. The van der Waals surface area contributed by atoms with Crippen LogP contribution < -0.4 is 5.32 Å². The first kappa shape index (κ1) is 22.3. The maximum atomic E-state index is 13.4. The number of benzene rings is 1. The summed E-state index contributed by atoms with van der Waals surface area (Å²) >= 11 is 0. The third-order valence-electron chi connectivity index (χ3n) is 6.51. The van der Waals surface area contributed by atoms with Crippen LogP contribution in [0.25, 0.3) is 11.2 Å². The lowest BCUT2D eigenvalue weighted by molar-refractivity contribution is -0.0571. The molecule has 176 valence electrons. The number of ketones is 1. The van der Waals surface area contributed by atoms with Crippen molar-refractivity contribution in [2.75, 3.05) is 11.9 Å². The Balaban J connectivity index is 1.38. The zero-order chi connectivity index (χ0) is 24.0.